The van der Waals surface area contributed by atoms with Crippen molar-refractivity contribution in [1.29, 1.82) is 0 Å². The summed E-state index contributed by atoms with van der Waals surface area (Å²) in [5.74, 6) is 1.29. The molecule has 2 heterocycles. The molecule has 0 unspecified atom stereocenters. The lowest BCUT2D eigenvalue weighted by molar-refractivity contribution is 0.0755. The summed E-state index contributed by atoms with van der Waals surface area (Å²) < 4.78 is 0. The van der Waals surface area contributed by atoms with Crippen molar-refractivity contribution in [2.75, 3.05) is 18.4 Å². The molecule has 5 nitrogen and oxygen atoms in total. The molecule has 1 N–H and O–H groups in total. The average molecular weight is 338 g/mol. The highest BCUT2D eigenvalue weighted by Crippen LogP contribution is 2.21. The molecule has 0 bridgehead atoms. The molecule has 5 heteroatoms. The van der Waals surface area contributed by atoms with E-state index in [-0.39, 0.29) is 5.91 Å². The number of para-hydroxylation sites is 1. The second-order valence-corrected chi connectivity index (χ2v) is 6.53. The van der Waals surface area contributed by atoms with Gasteiger partial charge in [-0.2, -0.15) is 0 Å². The van der Waals surface area contributed by atoms with Crippen molar-refractivity contribution >= 4 is 17.4 Å². The van der Waals surface area contributed by atoms with Gasteiger partial charge >= 0.3 is 0 Å². The summed E-state index contributed by atoms with van der Waals surface area (Å²) in [6, 6.07) is 9.93. The van der Waals surface area contributed by atoms with Gasteiger partial charge in [-0.15, -0.1) is 0 Å². The predicted octanol–water partition coefficient (Wildman–Crippen LogP) is 4.11. The number of nitrogens with one attached hydrogen (secondary N) is 1. The third-order valence-electron chi connectivity index (χ3n) is 4.61. The molecule has 1 saturated heterocycles. The Labute approximate surface area is 149 Å². The van der Waals surface area contributed by atoms with E-state index in [2.05, 4.69) is 28.3 Å². The molecule has 1 fully saturated rings. The fourth-order valence-electron chi connectivity index (χ4n) is 3.27. The molecule has 3 rings (SSSR count). The molecule has 1 aromatic heterocycles. The van der Waals surface area contributed by atoms with Crippen LogP contribution in [0.3, 0.4) is 0 Å². The third-order valence-corrected chi connectivity index (χ3v) is 4.61. The predicted molar refractivity (Wildman–Crippen MR) is 100 cm³/mol. The van der Waals surface area contributed by atoms with Crippen molar-refractivity contribution in [2.24, 2.45) is 0 Å². The normalized spacial score (nSPS) is 14.9. The average Bonchev–Trinajstić information content (AvgIpc) is 2.90. The van der Waals surface area contributed by atoms with E-state index in [4.69, 9.17) is 0 Å². The van der Waals surface area contributed by atoms with E-state index in [1.165, 1.54) is 18.4 Å². The highest BCUT2D eigenvalue weighted by Gasteiger charge is 2.19. The van der Waals surface area contributed by atoms with Gasteiger partial charge in [-0.05, 0) is 37.8 Å². The second kappa shape index (κ2) is 8.10. The Balaban J connectivity index is 1.83. The van der Waals surface area contributed by atoms with E-state index < -0.39 is 0 Å². The van der Waals surface area contributed by atoms with Crippen LogP contribution in [-0.4, -0.2) is 33.9 Å². The standard InChI is InChI=1S/C20H26N4O/c1-3-16-10-6-7-11-17(16)23-19-14-18(21-15(2)22-19)20(25)24-12-8-4-5-9-13-24/h6-7,10-11,14H,3-5,8-9,12-13H2,1-2H3,(H,21,22,23). The minimum absolute atomic E-state index is 0.0132. The first kappa shape index (κ1) is 17.4. The van der Waals surface area contributed by atoms with Gasteiger partial charge in [-0.1, -0.05) is 38.0 Å². The summed E-state index contributed by atoms with van der Waals surface area (Å²) in [5, 5.41) is 3.35. The van der Waals surface area contributed by atoms with Gasteiger partial charge in [0.05, 0.1) is 0 Å². The van der Waals surface area contributed by atoms with Gasteiger partial charge in [-0.3, -0.25) is 4.79 Å². The Bertz CT molecular complexity index is 736. The zero-order valence-electron chi connectivity index (χ0n) is 15.1. The van der Waals surface area contributed by atoms with Crippen LogP contribution in [0, 0.1) is 6.92 Å². The van der Waals surface area contributed by atoms with E-state index >= 15 is 0 Å². The molecular formula is C20H26N4O. The minimum Gasteiger partial charge on any atom is -0.340 e. The molecule has 0 atom stereocenters. The Morgan fingerprint density at radius 3 is 2.56 bits per heavy atom. The third kappa shape index (κ3) is 4.35. The number of carbonyl (C=O) groups excluding carboxylic acids is 1. The maximum absolute atomic E-state index is 12.8. The van der Waals surface area contributed by atoms with Crippen molar-refractivity contribution < 1.29 is 4.79 Å². The van der Waals surface area contributed by atoms with Crippen LogP contribution in [-0.2, 0) is 6.42 Å². The van der Waals surface area contributed by atoms with Crippen LogP contribution >= 0.6 is 0 Å². The number of aromatic nitrogens is 2. The Morgan fingerprint density at radius 2 is 1.84 bits per heavy atom. The number of rotatable bonds is 4. The molecule has 1 aromatic carbocycles. The summed E-state index contributed by atoms with van der Waals surface area (Å²) in [7, 11) is 0. The van der Waals surface area contributed by atoms with Crippen LogP contribution < -0.4 is 5.32 Å². The lowest BCUT2D eigenvalue weighted by Gasteiger charge is -2.20. The van der Waals surface area contributed by atoms with E-state index in [0.717, 1.165) is 38.0 Å². The topological polar surface area (TPSA) is 58.1 Å². The summed E-state index contributed by atoms with van der Waals surface area (Å²) in [4.78, 5) is 23.6. The quantitative estimate of drug-likeness (QED) is 0.911. The van der Waals surface area contributed by atoms with Crippen molar-refractivity contribution in [3.05, 3.63) is 47.4 Å². The molecule has 0 spiro atoms. The number of amides is 1. The molecule has 25 heavy (non-hydrogen) atoms. The molecular weight excluding hydrogens is 312 g/mol. The highest BCUT2D eigenvalue weighted by atomic mass is 16.2. The molecule has 132 valence electrons. The van der Waals surface area contributed by atoms with Crippen molar-refractivity contribution in [2.45, 2.75) is 46.0 Å². The van der Waals surface area contributed by atoms with E-state index in [9.17, 15) is 4.79 Å². The van der Waals surface area contributed by atoms with E-state index in [1.54, 1.807) is 6.07 Å². The Morgan fingerprint density at radius 1 is 1.12 bits per heavy atom. The lowest BCUT2D eigenvalue weighted by Crippen LogP contribution is -2.32. The zero-order chi connectivity index (χ0) is 17.6. The maximum atomic E-state index is 12.8. The van der Waals surface area contributed by atoms with Gasteiger partial charge in [-0.25, -0.2) is 9.97 Å². The number of hydrogen-bond donors (Lipinski definition) is 1. The van der Waals surface area contributed by atoms with Crippen LogP contribution in [0.1, 0.15) is 54.5 Å². The van der Waals surface area contributed by atoms with Gasteiger partial charge in [0.2, 0.25) is 0 Å². The first-order valence-corrected chi connectivity index (χ1v) is 9.17. The molecule has 1 aliphatic rings. The molecule has 2 aromatic rings. The first-order valence-electron chi connectivity index (χ1n) is 9.17. The molecule has 0 saturated carbocycles. The summed E-state index contributed by atoms with van der Waals surface area (Å²) >= 11 is 0. The fourth-order valence-corrected chi connectivity index (χ4v) is 3.27. The summed E-state index contributed by atoms with van der Waals surface area (Å²) in [6.45, 7) is 5.60. The molecule has 1 amide bonds. The summed E-state index contributed by atoms with van der Waals surface area (Å²) in [6.07, 6.45) is 5.49. The van der Waals surface area contributed by atoms with Gasteiger partial charge in [0.25, 0.3) is 5.91 Å². The fraction of sp³-hybridized carbons (Fsp3) is 0.450. The Hall–Kier alpha value is -2.43. The monoisotopic (exact) mass is 338 g/mol. The van der Waals surface area contributed by atoms with Crippen LogP contribution in [0.25, 0.3) is 0 Å². The largest absolute Gasteiger partial charge is 0.340 e. The number of benzene rings is 1. The lowest BCUT2D eigenvalue weighted by atomic mass is 10.1. The number of nitrogens with zero attached hydrogens (tertiary/aromatic N) is 3. The number of hydrogen-bond acceptors (Lipinski definition) is 4. The van der Waals surface area contributed by atoms with Crippen LogP contribution in [0.4, 0.5) is 11.5 Å². The van der Waals surface area contributed by atoms with Crippen molar-refractivity contribution in [3.63, 3.8) is 0 Å². The maximum Gasteiger partial charge on any atom is 0.272 e. The van der Waals surface area contributed by atoms with Gasteiger partial charge in [0, 0.05) is 24.8 Å². The number of carbonyl (C=O) groups is 1. The van der Waals surface area contributed by atoms with Crippen LogP contribution in [0.5, 0.6) is 0 Å². The van der Waals surface area contributed by atoms with Gasteiger partial charge in [0.15, 0.2) is 0 Å². The Kier molecular flexibility index (Phi) is 5.64. The molecule has 0 radical (unpaired) electrons. The summed E-state index contributed by atoms with van der Waals surface area (Å²) in [5.41, 5.74) is 2.72. The number of likely N-dealkylation sites (tertiary alicyclic amines) is 1. The van der Waals surface area contributed by atoms with Gasteiger partial charge < -0.3 is 10.2 Å². The van der Waals surface area contributed by atoms with Crippen LogP contribution in [0.2, 0.25) is 0 Å². The second-order valence-electron chi connectivity index (χ2n) is 6.53. The smallest absolute Gasteiger partial charge is 0.272 e. The van der Waals surface area contributed by atoms with Crippen molar-refractivity contribution in [3.8, 4) is 0 Å². The first-order chi connectivity index (χ1) is 12.2. The van der Waals surface area contributed by atoms with E-state index in [1.807, 2.05) is 30.0 Å². The molecule has 1 aliphatic heterocycles. The van der Waals surface area contributed by atoms with Gasteiger partial charge in [0.1, 0.15) is 17.3 Å². The molecule has 0 aliphatic carbocycles. The number of aryl methyl sites for hydroxylation is 2. The minimum atomic E-state index is 0.0132. The van der Waals surface area contributed by atoms with Crippen molar-refractivity contribution in [1.82, 2.24) is 14.9 Å². The highest BCUT2D eigenvalue weighted by molar-refractivity contribution is 5.93. The van der Waals surface area contributed by atoms with Crippen LogP contribution in [0.15, 0.2) is 30.3 Å². The zero-order valence-corrected chi connectivity index (χ0v) is 15.1. The number of anilines is 2. The van der Waals surface area contributed by atoms with E-state index in [0.29, 0.717) is 17.3 Å². The SMILES string of the molecule is CCc1ccccc1Nc1cc(C(=O)N2CCCCCC2)nc(C)n1.